The molecule has 0 fully saturated rings. The highest BCUT2D eigenvalue weighted by atomic mass is 32.2. The number of hydrogen-bond acceptors (Lipinski definition) is 3. The molecular formula is C19H22N2O3S. The van der Waals surface area contributed by atoms with Crippen molar-refractivity contribution in [2.45, 2.75) is 38.0 Å². The topological polar surface area (TPSA) is 66.5 Å². The third-order valence-corrected chi connectivity index (χ3v) is 6.15. The van der Waals surface area contributed by atoms with Crippen LogP contribution in [-0.2, 0) is 20.2 Å². The first-order chi connectivity index (χ1) is 11.5. The van der Waals surface area contributed by atoms with Crippen molar-refractivity contribution < 1.29 is 13.2 Å². The fourth-order valence-corrected chi connectivity index (χ4v) is 4.32. The van der Waals surface area contributed by atoms with Gasteiger partial charge in [-0.1, -0.05) is 12.1 Å². The molecule has 0 bridgehead atoms. The molecule has 0 atom stereocenters. The number of rotatable bonds is 3. The molecule has 1 aliphatic rings. The van der Waals surface area contributed by atoms with E-state index in [1.54, 1.807) is 24.1 Å². The summed E-state index contributed by atoms with van der Waals surface area (Å²) in [4.78, 5) is 14.1. The van der Waals surface area contributed by atoms with Gasteiger partial charge < -0.3 is 4.90 Å². The Balaban J connectivity index is 2.04. The Morgan fingerprint density at radius 3 is 2.40 bits per heavy atom. The van der Waals surface area contributed by atoms with E-state index >= 15 is 0 Å². The lowest BCUT2D eigenvalue weighted by molar-refractivity contribution is -0.121. The summed E-state index contributed by atoms with van der Waals surface area (Å²) in [5.41, 5.74) is 3.13. The van der Waals surface area contributed by atoms with Gasteiger partial charge in [-0.2, -0.15) is 0 Å². The van der Waals surface area contributed by atoms with Crippen LogP contribution in [-0.4, -0.2) is 21.4 Å². The summed E-state index contributed by atoms with van der Waals surface area (Å²) in [5, 5.41) is 0. The molecule has 1 heterocycles. The van der Waals surface area contributed by atoms with Gasteiger partial charge in [0.25, 0.3) is 10.0 Å². The average Bonchev–Trinajstić information content (AvgIpc) is 2.71. The smallest absolute Gasteiger partial charge is 0.261 e. The Morgan fingerprint density at radius 2 is 1.72 bits per heavy atom. The molecule has 5 nitrogen and oxygen atoms in total. The molecule has 0 aliphatic carbocycles. The summed E-state index contributed by atoms with van der Waals surface area (Å²) in [7, 11) is -2.03. The second kappa shape index (κ2) is 5.59. The maximum Gasteiger partial charge on any atom is 0.261 e. The minimum atomic E-state index is -3.74. The molecule has 3 rings (SSSR count). The van der Waals surface area contributed by atoms with Crippen LogP contribution >= 0.6 is 0 Å². The van der Waals surface area contributed by atoms with Crippen molar-refractivity contribution in [3.63, 3.8) is 0 Å². The monoisotopic (exact) mass is 358 g/mol. The Hall–Kier alpha value is -2.34. The van der Waals surface area contributed by atoms with Crippen molar-refractivity contribution in [1.29, 1.82) is 0 Å². The van der Waals surface area contributed by atoms with Gasteiger partial charge in [0.05, 0.1) is 16.0 Å². The summed E-state index contributed by atoms with van der Waals surface area (Å²) in [6.07, 6.45) is 0. The Morgan fingerprint density at radius 1 is 1.04 bits per heavy atom. The van der Waals surface area contributed by atoms with Crippen molar-refractivity contribution in [3.05, 3.63) is 53.1 Å². The highest BCUT2D eigenvalue weighted by molar-refractivity contribution is 7.92. The number of carbonyl (C=O) groups excluding carboxylic acids is 1. The number of aryl methyl sites for hydroxylation is 2. The summed E-state index contributed by atoms with van der Waals surface area (Å²) < 4.78 is 28.3. The molecule has 25 heavy (non-hydrogen) atoms. The molecule has 2 aromatic rings. The lowest BCUT2D eigenvalue weighted by Crippen LogP contribution is -2.33. The van der Waals surface area contributed by atoms with Gasteiger partial charge in [-0.15, -0.1) is 0 Å². The van der Waals surface area contributed by atoms with Crippen LogP contribution in [0.5, 0.6) is 0 Å². The highest BCUT2D eigenvalue weighted by Crippen LogP contribution is 2.41. The first-order valence-electron chi connectivity index (χ1n) is 8.07. The van der Waals surface area contributed by atoms with Crippen LogP contribution in [0.3, 0.4) is 0 Å². The molecule has 0 radical (unpaired) electrons. The molecule has 2 aromatic carbocycles. The zero-order valence-corrected chi connectivity index (χ0v) is 15.9. The van der Waals surface area contributed by atoms with E-state index in [1.807, 2.05) is 45.9 Å². The predicted octanol–water partition coefficient (Wildman–Crippen LogP) is 3.36. The Kier molecular flexibility index (Phi) is 3.91. The SMILES string of the molecule is Cc1ccc(C)c(NS(=O)(=O)c2ccc3c(c2)C(C)(C)C(=O)N3C)c1. The Labute approximate surface area is 148 Å². The first-order valence-corrected chi connectivity index (χ1v) is 9.55. The lowest BCUT2D eigenvalue weighted by Gasteiger charge is -2.17. The van der Waals surface area contributed by atoms with Crippen LogP contribution in [0.2, 0.25) is 0 Å². The second-order valence-corrected chi connectivity index (χ2v) is 8.77. The van der Waals surface area contributed by atoms with Gasteiger partial charge in [0, 0.05) is 12.7 Å². The minimum Gasteiger partial charge on any atom is -0.314 e. The molecular weight excluding hydrogens is 336 g/mol. The van der Waals surface area contributed by atoms with Crippen molar-refractivity contribution in [1.82, 2.24) is 0 Å². The lowest BCUT2D eigenvalue weighted by atomic mass is 9.86. The Bertz CT molecular complexity index is 978. The number of likely N-dealkylation sites (N-methyl/N-ethyl adjacent to an activating group) is 1. The maximum absolute atomic E-state index is 12.8. The van der Waals surface area contributed by atoms with E-state index in [0.29, 0.717) is 5.69 Å². The molecule has 1 amide bonds. The van der Waals surface area contributed by atoms with Gasteiger partial charge >= 0.3 is 0 Å². The number of sulfonamides is 1. The summed E-state index contributed by atoms with van der Waals surface area (Å²) in [6.45, 7) is 7.39. The fraction of sp³-hybridized carbons (Fsp3) is 0.316. The molecule has 0 saturated heterocycles. The summed E-state index contributed by atoms with van der Waals surface area (Å²) >= 11 is 0. The molecule has 6 heteroatoms. The van der Waals surface area contributed by atoms with Gasteiger partial charge in [0.2, 0.25) is 5.91 Å². The molecule has 132 valence electrons. The third-order valence-electron chi connectivity index (χ3n) is 4.79. The number of fused-ring (bicyclic) bond motifs is 1. The number of nitrogens with zero attached hydrogens (tertiary/aromatic N) is 1. The highest BCUT2D eigenvalue weighted by Gasteiger charge is 2.42. The standard InChI is InChI=1S/C19H22N2O3S/c1-12-6-7-13(2)16(10-12)20-25(23,24)14-8-9-17-15(11-14)19(3,4)18(22)21(17)5/h6-11,20H,1-5H3. The van der Waals surface area contributed by atoms with Crippen LogP contribution in [0.4, 0.5) is 11.4 Å². The van der Waals surface area contributed by atoms with Crippen molar-refractivity contribution >= 4 is 27.3 Å². The van der Waals surface area contributed by atoms with Crippen LogP contribution in [0, 0.1) is 13.8 Å². The van der Waals surface area contributed by atoms with Gasteiger partial charge in [-0.25, -0.2) is 8.42 Å². The van der Waals surface area contributed by atoms with E-state index in [2.05, 4.69) is 4.72 Å². The maximum atomic E-state index is 12.8. The fourth-order valence-electron chi connectivity index (χ4n) is 3.17. The van der Waals surface area contributed by atoms with E-state index < -0.39 is 15.4 Å². The van der Waals surface area contributed by atoms with E-state index in [1.165, 1.54) is 6.07 Å². The van der Waals surface area contributed by atoms with Gasteiger partial charge in [0.15, 0.2) is 0 Å². The van der Waals surface area contributed by atoms with Crippen LogP contribution in [0.15, 0.2) is 41.3 Å². The normalized spacial score (nSPS) is 16.0. The number of anilines is 2. The van der Waals surface area contributed by atoms with Gasteiger partial charge in [0.1, 0.15) is 0 Å². The van der Waals surface area contributed by atoms with Crippen LogP contribution in [0.1, 0.15) is 30.5 Å². The van der Waals surface area contributed by atoms with Crippen LogP contribution in [0.25, 0.3) is 0 Å². The number of hydrogen-bond donors (Lipinski definition) is 1. The summed E-state index contributed by atoms with van der Waals surface area (Å²) in [6, 6.07) is 10.5. The predicted molar refractivity (Wildman–Crippen MR) is 99.6 cm³/mol. The summed E-state index contributed by atoms with van der Waals surface area (Å²) in [5.74, 6) is -0.0421. The minimum absolute atomic E-state index is 0.0421. The number of nitrogens with one attached hydrogen (secondary N) is 1. The number of amides is 1. The van der Waals surface area contributed by atoms with E-state index in [4.69, 9.17) is 0 Å². The quantitative estimate of drug-likeness (QED) is 0.915. The van der Waals surface area contributed by atoms with E-state index in [9.17, 15) is 13.2 Å². The second-order valence-electron chi connectivity index (χ2n) is 7.09. The molecule has 0 saturated carbocycles. The zero-order valence-electron chi connectivity index (χ0n) is 15.0. The number of carbonyl (C=O) groups is 1. The van der Waals surface area contributed by atoms with Crippen molar-refractivity contribution in [3.8, 4) is 0 Å². The number of benzene rings is 2. The van der Waals surface area contributed by atoms with Gasteiger partial charge in [-0.3, -0.25) is 9.52 Å². The first kappa shape index (κ1) is 17.5. The van der Waals surface area contributed by atoms with Crippen molar-refractivity contribution in [2.75, 3.05) is 16.7 Å². The largest absolute Gasteiger partial charge is 0.314 e. The molecule has 0 unspecified atom stereocenters. The van der Waals surface area contributed by atoms with E-state index in [0.717, 1.165) is 22.4 Å². The van der Waals surface area contributed by atoms with Crippen LogP contribution < -0.4 is 9.62 Å². The molecule has 1 N–H and O–H groups in total. The van der Waals surface area contributed by atoms with E-state index in [-0.39, 0.29) is 10.8 Å². The molecule has 0 aromatic heterocycles. The molecule has 1 aliphatic heterocycles. The van der Waals surface area contributed by atoms with Crippen molar-refractivity contribution in [2.24, 2.45) is 0 Å². The average molecular weight is 358 g/mol. The van der Waals surface area contributed by atoms with Gasteiger partial charge in [-0.05, 0) is 68.7 Å². The molecule has 0 spiro atoms. The zero-order chi connectivity index (χ0) is 18.6. The third kappa shape index (κ3) is 2.80.